The molecule has 1 saturated carbocycles. The average molecular weight is 284 g/mol. The number of carbonyl (C=O) groups is 2. The zero-order valence-corrected chi connectivity index (χ0v) is 12.2. The molecule has 2 aliphatic rings. The second-order valence-electron chi connectivity index (χ2n) is 5.84. The number of unbranched alkanes of at least 4 members (excludes halogenated alkanes) is 1. The summed E-state index contributed by atoms with van der Waals surface area (Å²) in [6, 6.07) is 7.55. The summed E-state index contributed by atoms with van der Waals surface area (Å²) >= 11 is 0. The molecule has 2 aliphatic carbocycles. The Kier molecular flexibility index (Phi) is 3.91. The molecule has 0 amide bonds. The summed E-state index contributed by atoms with van der Waals surface area (Å²) in [6.45, 7) is 2.52. The lowest BCUT2D eigenvalue weighted by atomic mass is 9.84. The van der Waals surface area contributed by atoms with Crippen molar-refractivity contribution in [1.29, 1.82) is 0 Å². The Hall–Kier alpha value is -1.90. The van der Waals surface area contributed by atoms with Crippen molar-refractivity contribution in [1.82, 2.24) is 0 Å². The largest absolute Gasteiger partial charge is 0.462 e. The third-order valence-electron chi connectivity index (χ3n) is 4.50. The van der Waals surface area contributed by atoms with Gasteiger partial charge in [-0.3, -0.25) is 4.79 Å². The van der Waals surface area contributed by atoms with Gasteiger partial charge in [0.25, 0.3) is 0 Å². The number of ketones is 1. The number of ether oxygens (including phenoxy) is 1. The van der Waals surface area contributed by atoms with E-state index in [2.05, 4.69) is 6.92 Å². The molecule has 0 radical (unpaired) electrons. The molecule has 3 nitrogen and oxygen atoms in total. The van der Waals surface area contributed by atoms with Gasteiger partial charge in [-0.2, -0.15) is 0 Å². The van der Waals surface area contributed by atoms with E-state index in [0.717, 1.165) is 24.8 Å². The summed E-state index contributed by atoms with van der Waals surface area (Å²) in [6.07, 6.45) is 6.70. The van der Waals surface area contributed by atoms with Gasteiger partial charge in [-0.15, -0.1) is 0 Å². The van der Waals surface area contributed by atoms with E-state index < -0.39 is 0 Å². The van der Waals surface area contributed by atoms with Crippen molar-refractivity contribution in [2.75, 3.05) is 6.61 Å². The van der Waals surface area contributed by atoms with E-state index in [9.17, 15) is 9.59 Å². The van der Waals surface area contributed by atoms with Gasteiger partial charge < -0.3 is 4.74 Å². The monoisotopic (exact) mass is 284 g/mol. The number of rotatable bonds is 5. The third kappa shape index (κ3) is 2.53. The van der Waals surface area contributed by atoms with Crippen molar-refractivity contribution in [3.63, 3.8) is 0 Å². The topological polar surface area (TPSA) is 43.4 Å². The number of esters is 1. The van der Waals surface area contributed by atoms with E-state index in [4.69, 9.17) is 4.74 Å². The predicted octanol–water partition coefficient (Wildman–Crippen LogP) is 3.50. The van der Waals surface area contributed by atoms with Gasteiger partial charge in [0.2, 0.25) is 0 Å². The Morgan fingerprint density at radius 3 is 2.76 bits per heavy atom. The van der Waals surface area contributed by atoms with E-state index in [0.29, 0.717) is 18.0 Å². The zero-order valence-electron chi connectivity index (χ0n) is 12.2. The fourth-order valence-corrected chi connectivity index (χ4v) is 3.35. The molecule has 2 bridgehead atoms. The number of allylic oxidation sites excluding steroid dienone is 2. The summed E-state index contributed by atoms with van der Waals surface area (Å²) in [4.78, 5) is 24.3. The van der Waals surface area contributed by atoms with Crippen molar-refractivity contribution < 1.29 is 14.3 Å². The Labute approximate surface area is 125 Å². The maximum absolute atomic E-state index is 12.3. The highest BCUT2D eigenvalue weighted by molar-refractivity contribution is 5.95. The van der Waals surface area contributed by atoms with Crippen molar-refractivity contribution in [2.45, 2.75) is 32.1 Å². The van der Waals surface area contributed by atoms with Crippen LogP contribution < -0.4 is 0 Å². The number of carbonyl (C=O) groups excluding carboxylic acids is 2. The second kappa shape index (κ2) is 5.84. The molecule has 3 heteroatoms. The molecule has 0 heterocycles. The molecule has 1 aromatic rings. The van der Waals surface area contributed by atoms with Crippen molar-refractivity contribution in [3.05, 3.63) is 47.5 Å². The summed E-state index contributed by atoms with van der Waals surface area (Å²) in [5.74, 6) is 0.151. The molecule has 1 aromatic carbocycles. The number of fused-ring (bicyclic) bond motifs is 2. The Bertz CT molecular complexity index is 588. The van der Waals surface area contributed by atoms with Crippen LogP contribution in [0.2, 0.25) is 0 Å². The molecule has 0 aliphatic heterocycles. The second-order valence-corrected chi connectivity index (χ2v) is 5.84. The highest BCUT2D eigenvalue weighted by Crippen LogP contribution is 2.47. The Morgan fingerprint density at radius 2 is 2.10 bits per heavy atom. The first kappa shape index (κ1) is 14.1. The number of Topliss-reactive ketones (excluding diaryl/α,β-unsaturated/α-hetero) is 1. The molecule has 3 unspecified atom stereocenters. The highest BCUT2D eigenvalue weighted by Gasteiger charge is 2.45. The Morgan fingerprint density at radius 1 is 1.29 bits per heavy atom. The van der Waals surface area contributed by atoms with Crippen molar-refractivity contribution in [2.24, 2.45) is 11.8 Å². The zero-order chi connectivity index (χ0) is 14.8. The lowest BCUT2D eigenvalue weighted by Crippen LogP contribution is -2.15. The molecule has 0 spiro atoms. The lowest BCUT2D eigenvalue weighted by Gasteiger charge is -2.20. The smallest absolute Gasteiger partial charge is 0.338 e. The molecule has 0 saturated heterocycles. The fraction of sp³-hybridized carbons (Fsp3) is 0.444. The van der Waals surface area contributed by atoms with Crippen LogP contribution in [0, 0.1) is 11.8 Å². The number of hydrogen-bond acceptors (Lipinski definition) is 3. The van der Waals surface area contributed by atoms with Gasteiger partial charge in [-0.05, 0) is 30.4 Å². The minimum absolute atomic E-state index is 0.0455. The summed E-state index contributed by atoms with van der Waals surface area (Å²) in [5.41, 5.74) is 1.58. The maximum Gasteiger partial charge on any atom is 0.338 e. The average Bonchev–Trinajstić information content (AvgIpc) is 3.02. The van der Waals surface area contributed by atoms with Crippen LogP contribution in [0.1, 0.15) is 48.0 Å². The molecular weight excluding hydrogens is 264 g/mol. The summed E-state index contributed by atoms with van der Waals surface area (Å²) < 4.78 is 5.33. The minimum atomic E-state index is -0.266. The van der Waals surface area contributed by atoms with Crippen LogP contribution in [0.3, 0.4) is 0 Å². The molecule has 1 fully saturated rings. The van der Waals surface area contributed by atoms with Crippen LogP contribution in [0.5, 0.6) is 0 Å². The van der Waals surface area contributed by atoms with Crippen LogP contribution in [-0.4, -0.2) is 18.4 Å². The first-order valence-electron chi connectivity index (χ1n) is 7.70. The van der Waals surface area contributed by atoms with E-state index in [1.54, 1.807) is 0 Å². The number of benzene rings is 1. The van der Waals surface area contributed by atoms with Crippen LogP contribution >= 0.6 is 0 Å². The third-order valence-corrected chi connectivity index (χ3v) is 4.50. The predicted molar refractivity (Wildman–Crippen MR) is 80.1 cm³/mol. The molecule has 3 atom stereocenters. The van der Waals surface area contributed by atoms with Crippen LogP contribution in [-0.2, 0) is 9.53 Å². The van der Waals surface area contributed by atoms with E-state index in [1.165, 1.54) is 0 Å². The van der Waals surface area contributed by atoms with Gasteiger partial charge in [-0.25, -0.2) is 4.79 Å². The van der Waals surface area contributed by atoms with Gasteiger partial charge in [0.05, 0.1) is 12.2 Å². The van der Waals surface area contributed by atoms with E-state index in [-0.39, 0.29) is 23.7 Å². The highest BCUT2D eigenvalue weighted by atomic mass is 16.5. The minimum Gasteiger partial charge on any atom is -0.462 e. The summed E-state index contributed by atoms with van der Waals surface area (Å²) in [7, 11) is 0. The quantitative estimate of drug-likeness (QED) is 0.472. The van der Waals surface area contributed by atoms with E-state index in [1.807, 2.05) is 36.4 Å². The standard InChI is InChI=1S/C18H20O3/c1-2-3-10-21-18(20)15-7-5-4-6-13(15)16-11-12-8-9-14(16)17(12)19/h4-9,12,14,16H,2-3,10-11H2,1H3. The SMILES string of the molecule is CCCCOC(=O)c1ccccc1C1CC2C=CC1C2=O. The maximum atomic E-state index is 12.3. The first-order valence-corrected chi connectivity index (χ1v) is 7.70. The fourth-order valence-electron chi connectivity index (χ4n) is 3.35. The van der Waals surface area contributed by atoms with Gasteiger partial charge >= 0.3 is 5.97 Å². The normalized spacial score (nSPS) is 26.3. The summed E-state index contributed by atoms with van der Waals surface area (Å²) in [5, 5.41) is 0. The molecule has 3 rings (SSSR count). The van der Waals surface area contributed by atoms with Gasteiger partial charge in [0, 0.05) is 11.8 Å². The Balaban J connectivity index is 1.82. The molecule has 0 N–H and O–H groups in total. The van der Waals surface area contributed by atoms with E-state index >= 15 is 0 Å². The molecule has 21 heavy (non-hydrogen) atoms. The van der Waals surface area contributed by atoms with Crippen LogP contribution in [0.4, 0.5) is 0 Å². The first-order chi connectivity index (χ1) is 10.2. The van der Waals surface area contributed by atoms with Crippen LogP contribution in [0.25, 0.3) is 0 Å². The van der Waals surface area contributed by atoms with Gasteiger partial charge in [0.15, 0.2) is 0 Å². The van der Waals surface area contributed by atoms with Gasteiger partial charge in [0.1, 0.15) is 5.78 Å². The van der Waals surface area contributed by atoms with Gasteiger partial charge in [-0.1, -0.05) is 43.7 Å². The lowest BCUT2D eigenvalue weighted by molar-refractivity contribution is -0.120. The molecular formula is C18H20O3. The van der Waals surface area contributed by atoms with Crippen molar-refractivity contribution >= 4 is 11.8 Å². The molecule has 0 aromatic heterocycles. The number of hydrogen-bond donors (Lipinski definition) is 0. The van der Waals surface area contributed by atoms with Crippen LogP contribution in [0.15, 0.2) is 36.4 Å². The molecule has 110 valence electrons. The van der Waals surface area contributed by atoms with Crippen molar-refractivity contribution in [3.8, 4) is 0 Å².